The van der Waals surface area contributed by atoms with Gasteiger partial charge in [0.2, 0.25) is 0 Å². The maximum absolute atomic E-state index is 5.49. The van der Waals surface area contributed by atoms with Gasteiger partial charge in [-0.15, -0.1) is 0 Å². The predicted octanol–water partition coefficient (Wildman–Crippen LogP) is 3.27. The molecule has 1 heterocycles. The van der Waals surface area contributed by atoms with E-state index < -0.39 is 0 Å². The van der Waals surface area contributed by atoms with Crippen molar-refractivity contribution in [2.45, 2.75) is 64.8 Å². The summed E-state index contributed by atoms with van der Waals surface area (Å²) in [7, 11) is 0. The van der Waals surface area contributed by atoms with Crippen molar-refractivity contribution < 1.29 is 0 Å². The van der Waals surface area contributed by atoms with Crippen LogP contribution in [0.3, 0.4) is 0 Å². The summed E-state index contributed by atoms with van der Waals surface area (Å²) in [6.07, 6.45) is 6.73. The first kappa shape index (κ1) is 15.0. The standard InChI is InChI=1S/C15H27N5/c1-10(2)15-18-13(9-14(19-15)20-16)17-11(3)12-7-5-4-6-8-12/h9-12H,4-8,16H2,1-3H3,(H2,17,18,19,20). The van der Waals surface area contributed by atoms with Crippen molar-refractivity contribution in [1.29, 1.82) is 0 Å². The molecule has 112 valence electrons. The summed E-state index contributed by atoms with van der Waals surface area (Å²) in [6.45, 7) is 6.43. The van der Waals surface area contributed by atoms with E-state index in [0.717, 1.165) is 17.6 Å². The molecule has 1 unspecified atom stereocenters. The summed E-state index contributed by atoms with van der Waals surface area (Å²) in [5, 5.41) is 3.53. The molecule has 1 atom stereocenters. The van der Waals surface area contributed by atoms with Crippen molar-refractivity contribution >= 4 is 11.6 Å². The van der Waals surface area contributed by atoms with Crippen LogP contribution in [-0.4, -0.2) is 16.0 Å². The molecule has 1 aromatic heterocycles. The Labute approximate surface area is 121 Å². The maximum atomic E-state index is 5.49. The number of hydrogen-bond donors (Lipinski definition) is 3. The van der Waals surface area contributed by atoms with Gasteiger partial charge in [0.05, 0.1) is 0 Å². The number of rotatable bonds is 5. The monoisotopic (exact) mass is 277 g/mol. The summed E-state index contributed by atoms with van der Waals surface area (Å²) in [6, 6.07) is 2.32. The van der Waals surface area contributed by atoms with Crippen molar-refractivity contribution in [1.82, 2.24) is 9.97 Å². The van der Waals surface area contributed by atoms with Gasteiger partial charge in [-0.1, -0.05) is 33.1 Å². The molecule has 1 saturated carbocycles. The number of nitrogens with zero attached hydrogens (tertiary/aromatic N) is 2. The largest absolute Gasteiger partial charge is 0.367 e. The molecular weight excluding hydrogens is 250 g/mol. The molecule has 5 heteroatoms. The van der Waals surface area contributed by atoms with Crippen LogP contribution in [0.4, 0.5) is 11.6 Å². The quantitative estimate of drug-likeness (QED) is 0.569. The van der Waals surface area contributed by atoms with Crippen LogP contribution in [0.2, 0.25) is 0 Å². The van der Waals surface area contributed by atoms with Crippen LogP contribution in [0, 0.1) is 5.92 Å². The van der Waals surface area contributed by atoms with Crippen LogP contribution in [0.5, 0.6) is 0 Å². The molecule has 4 N–H and O–H groups in total. The Morgan fingerprint density at radius 2 is 1.75 bits per heavy atom. The van der Waals surface area contributed by atoms with Gasteiger partial charge in [0.15, 0.2) is 0 Å². The van der Waals surface area contributed by atoms with E-state index in [9.17, 15) is 0 Å². The zero-order valence-electron chi connectivity index (χ0n) is 12.8. The van der Waals surface area contributed by atoms with Gasteiger partial charge in [-0.3, -0.25) is 0 Å². The third-order valence-corrected chi connectivity index (χ3v) is 4.14. The highest BCUT2D eigenvalue weighted by Crippen LogP contribution is 2.28. The lowest BCUT2D eigenvalue weighted by atomic mass is 9.84. The smallest absolute Gasteiger partial charge is 0.145 e. The summed E-state index contributed by atoms with van der Waals surface area (Å²) in [4.78, 5) is 8.98. The highest BCUT2D eigenvalue weighted by atomic mass is 15.3. The molecule has 0 aliphatic heterocycles. The van der Waals surface area contributed by atoms with E-state index >= 15 is 0 Å². The number of hydrogen-bond acceptors (Lipinski definition) is 5. The van der Waals surface area contributed by atoms with Crippen LogP contribution >= 0.6 is 0 Å². The lowest BCUT2D eigenvalue weighted by Crippen LogP contribution is -2.28. The van der Waals surface area contributed by atoms with E-state index in [4.69, 9.17) is 5.84 Å². The first-order valence-corrected chi connectivity index (χ1v) is 7.72. The second-order valence-electron chi connectivity index (χ2n) is 6.13. The third-order valence-electron chi connectivity index (χ3n) is 4.14. The first-order valence-electron chi connectivity index (χ1n) is 7.72. The molecule has 0 aromatic carbocycles. The molecule has 1 aliphatic carbocycles. The van der Waals surface area contributed by atoms with E-state index in [1.165, 1.54) is 32.1 Å². The maximum Gasteiger partial charge on any atom is 0.145 e. The second-order valence-corrected chi connectivity index (χ2v) is 6.13. The first-order chi connectivity index (χ1) is 9.60. The average Bonchev–Trinajstić information content (AvgIpc) is 2.47. The van der Waals surface area contributed by atoms with Crippen molar-refractivity contribution in [3.8, 4) is 0 Å². The Morgan fingerprint density at radius 1 is 1.10 bits per heavy atom. The molecule has 1 fully saturated rings. The lowest BCUT2D eigenvalue weighted by Gasteiger charge is -2.28. The Balaban J connectivity index is 2.09. The second kappa shape index (κ2) is 6.88. The van der Waals surface area contributed by atoms with Crippen molar-refractivity contribution in [2.75, 3.05) is 10.7 Å². The number of nitrogens with two attached hydrogens (primary N) is 1. The van der Waals surface area contributed by atoms with E-state index in [2.05, 4.69) is 41.5 Å². The Morgan fingerprint density at radius 3 is 2.35 bits per heavy atom. The highest BCUT2D eigenvalue weighted by molar-refractivity contribution is 5.47. The average molecular weight is 277 g/mol. The summed E-state index contributed by atoms with van der Waals surface area (Å²) in [5.74, 6) is 8.88. The Hall–Kier alpha value is -1.36. The number of anilines is 2. The summed E-state index contributed by atoms with van der Waals surface area (Å²) in [5.41, 5.74) is 2.62. The Bertz CT molecular complexity index is 426. The van der Waals surface area contributed by atoms with Gasteiger partial charge in [-0.2, -0.15) is 0 Å². The van der Waals surface area contributed by atoms with Gasteiger partial charge < -0.3 is 10.7 Å². The molecule has 0 bridgehead atoms. The van der Waals surface area contributed by atoms with E-state index in [1.54, 1.807) is 0 Å². The van der Waals surface area contributed by atoms with Gasteiger partial charge in [-0.05, 0) is 25.7 Å². The van der Waals surface area contributed by atoms with E-state index in [-0.39, 0.29) is 5.92 Å². The van der Waals surface area contributed by atoms with Crippen molar-refractivity contribution in [2.24, 2.45) is 11.8 Å². The fourth-order valence-corrected chi connectivity index (χ4v) is 2.86. The van der Waals surface area contributed by atoms with Crippen molar-refractivity contribution in [3.05, 3.63) is 11.9 Å². The van der Waals surface area contributed by atoms with Gasteiger partial charge >= 0.3 is 0 Å². The van der Waals surface area contributed by atoms with Gasteiger partial charge in [0.25, 0.3) is 0 Å². The SMILES string of the molecule is CC(C)c1nc(NN)cc(NC(C)C2CCCCC2)n1. The normalized spacial score (nSPS) is 18.1. The molecular formula is C15H27N5. The molecule has 20 heavy (non-hydrogen) atoms. The van der Waals surface area contributed by atoms with Crippen molar-refractivity contribution in [3.63, 3.8) is 0 Å². The predicted molar refractivity (Wildman–Crippen MR) is 83.6 cm³/mol. The summed E-state index contributed by atoms with van der Waals surface area (Å²) >= 11 is 0. The van der Waals surface area contributed by atoms with E-state index in [1.807, 2.05) is 6.07 Å². The summed E-state index contributed by atoms with van der Waals surface area (Å²) < 4.78 is 0. The minimum absolute atomic E-state index is 0.286. The number of nitrogen functional groups attached to an aromatic ring is 1. The fourth-order valence-electron chi connectivity index (χ4n) is 2.86. The Kier molecular flexibility index (Phi) is 5.17. The molecule has 5 nitrogen and oxygen atoms in total. The zero-order valence-corrected chi connectivity index (χ0v) is 12.8. The molecule has 0 saturated heterocycles. The van der Waals surface area contributed by atoms with Gasteiger partial charge in [-0.25, -0.2) is 15.8 Å². The van der Waals surface area contributed by atoms with Crippen LogP contribution in [0.15, 0.2) is 6.07 Å². The third kappa shape index (κ3) is 3.82. The van der Waals surface area contributed by atoms with Crippen LogP contribution in [0.25, 0.3) is 0 Å². The topological polar surface area (TPSA) is 75.9 Å². The van der Waals surface area contributed by atoms with Gasteiger partial charge in [0, 0.05) is 18.0 Å². The lowest BCUT2D eigenvalue weighted by molar-refractivity contribution is 0.328. The minimum Gasteiger partial charge on any atom is -0.367 e. The number of nitrogens with one attached hydrogen (secondary N) is 2. The highest BCUT2D eigenvalue weighted by Gasteiger charge is 2.20. The molecule has 0 radical (unpaired) electrons. The van der Waals surface area contributed by atoms with Crippen LogP contribution in [-0.2, 0) is 0 Å². The number of hydrazine groups is 1. The van der Waals surface area contributed by atoms with E-state index in [0.29, 0.717) is 11.9 Å². The molecule has 0 spiro atoms. The van der Waals surface area contributed by atoms with Crippen LogP contribution < -0.4 is 16.6 Å². The fraction of sp³-hybridized carbons (Fsp3) is 0.733. The molecule has 1 aliphatic rings. The molecule has 2 rings (SSSR count). The molecule has 0 amide bonds. The van der Waals surface area contributed by atoms with Crippen LogP contribution in [0.1, 0.15) is 64.6 Å². The minimum atomic E-state index is 0.286. The number of aromatic nitrogens is 2. The molecule has 1 aromatic rings. The zero-order chi connectivity index (χ0) is 14.5. The van der Waals surface area contributed by atoms with Gasteiger partial charge in [0.1, 0.15) is 17.5 Å².